The highest BCUT2D eigenvalue weighted by Gasteiger charge is 2.24. The van der Waals surface area contributed by atoms with Crippen LogP contribution in [-0.4, -0.2) is 24.7 Å². The number of methoxy groups -OCH3 is 1. The lowest BCUT2D eigenvalue weighted by Gasteiger charge is -2.07. The molecule has 1 aromatic heterocycles. The molecule has 1 heterocycles. The zero-order valence-electron chi connectivity index (χ0n) is 15.8. The number of nitrogens with zero attached hydrogens (tertiary/aromatic N) is 3. The summed E-state index contributed by atoms with van der Waals surface area (Å²) in [5.41, 5.74) is 2.99. The standard InChI is InChI=1S/C22H17N3O3S/c1-15-6-9-19(10-7-15)29(26,27)25-21-13-18(28-2)8-11-20(21)22(24-25)17-5-3-4-16(12-17)14-23/h3-13H,1-2H3. The van der Waals surface area contributed by atoms with Gasteiger partial charge in [-0.1, -0.05) is 29.8 Å². The Kier molecular flexibility index (Phi) is 4.57. The average Bonchev–Trinajstić information content (AvgIpc) is 3.13. The van der Waals surface area contributed by atoms with Crippen molar-refractivity contribution in [2.45, 2.75) is 11.8 Å². The van der Waals surface area contributed by atoms with Crippen molar-refractivity contribution in [1.29, 1.82) is 5.26 Å². The van der Waals surface area contributed by atoms with Crippen molar-refractivity contribution in [2.75, 3.05) is 7.11 Å². The highest BCUT2D eigenvalue weighted by atomic mass is 32.2. The number of hydrogen-bond acceptors (Lipinski definition) is 5. The van der Waals surface area contributed by atoms with Gasteiger partial charge in [-0.05, 0) is 43.3 Å². The van der Waals surface area contributed by atoms with Gasteiger partial charge >= 0.3 is 0 Å². The van der Waals surface area contributed by atoms with Crippen molar-refractivity contribution in [1.82, 2.24) is 9.19 Å². The molecule has 7 heteroatoms. The number of aromatic nitrogens is 2. The molecule has 29 heavy (non-hydrogen) atoms. The van der Waals surface area contributed by atoms with Gasteiger partial charge in [-0.2, -0.15) is 22.9 Å². The van der Waals surface area contributed by atoms with Gasteiger partial charge in [0, 0.05) is 17.0 Å². The third-order valence-corrected chi connectivity index (χ3v) is 6.27. The molecule has 0 saturated carbocycles. The molecular formula is C22H17N3O3S. The minimum Gasteiger partial charge on any atom is -0.497 e. The Morgan fingerprint density at radius 2 is 1.79 bits per heavy atom. The third kappa shape index (κ3) is 3.24. The molecule has 3 aromatic carbocycles. The fourth-order valence-corrected chi connectivity index (χ4v) is 4.42. The summed E-state index contributed by atoms with van der Waals surface area (Å²) in [5.74, 6) is 0.523. The Morgan fingerprint density at radius 3 is 2.48 bits per heavy atom. The number of ether oxygens (including phenoxy) is 1. The lowest BCUT2D eigenvalue weighted by molar-refractivity contribution is 0.415. The van der Waals surface area contributed by atoms with E-state index in [1.54, 1.807) is 66.7 Å². The predicted octanol–water partition coefficient (Wildman–Crippen LogP) is 4.13. The molecule has 0 saturated heterocycles. The Morgan fingerprint density at radius 1 is 1.03 bits per heavy atom. The van der Waals surface area contributed by atoms with E-state index in [-0.39, 0.29) is 4.90 Å². The molecule has 0 aliphatic heterocycles. The minimum absolute atomic E-state index is 0.146. The number of nitriles is 1. The Hall–Kier alpha value is -3.63. The quantitative estimate of drug-likeness (QED) is 0.511. The second-order valence-electron chi connectivity index (χ2n) is 6.59. The summed E-state index contributed by atoms with van der Waals surface area (Å²) >= 11 is 0. The van der Waals surface area contributed by atoms with Gasteiger partial charge in [-0.15, -0.1) is 0 Å². The monoisotopic (exact) mass is 403 g/mol. The van der Waals surface area contributed by atoms with Gasteiger partial charge in [-0.3, -0.25) is 0 Å². The number of hydrogen-bond donors (Lipinski definition) is 0. The van der Waals surface area contributed by atoms with E-state index in [0.717, 1.165) is 9.65 Å². The maximum absolute atomic E-state index is 13.3. The van der Waals surface area contributed by atoms with Crippen LogP contribution in [0.1, 0.15) is 11.1 Å². The van der Waals surface area contributed by atoms with Crippen molar-refractivity contribution in [2.24, 2.45) is 0 Å². The van der Waals surface area contributed by atoms with E-state index < -0.39 is 10.0 Å². The van der Waals surface area contributed by atoms with Crippen LogP contribution in [0.3, 0.4) is 0 Å². The zero-order valence-corrected chi connectivity index (χ0v) is 16.6. The molecule has 0 fully saturated rings. The molecule has 0 bridgehead atoms. The highest BCUT2D eigenvalue weighted by molar-refractivity contribution is 7.90. The smallest absolute Gasteiger partial charge is 0.283 e. The minimum atomic E-state index is -3.93. The molecule has 144 valence electrons. The molecule has 0 amide bonds. The fourth-order valence-electron chi connectivity index (χ4n) is 3.14. The van der Waals surface area contributed by atoms with Gasteiger partial charge < -0.3 is 4.74 Å². The number of aryl methyl sites for hydroxylation is 1. The second-order valence-corrected chi connectivity index (χ2v) is 8.35. The van der Waals surface area contributed by atoms with Crippen molar-refractivity contribution < 1.29 is 13.2 Å². The van der Waals surface area contributed by atoms with Crippen molar-refractivity contribution in [3.05, 3.63) is 77.9 Å². The first-order chi connectivity index (χ1) is 13.9. The van der Waals surface area contributed by atoms with E-state index in [4.69, 9.17) is 4.74 Å². The van der Waals surface area contributed by atoms with Gasteiger partial charge in [0.25, 0.3) is 10.0 Å². The first kappa shape index (κ1) is 18.7. The van der Waals surface area contributed by atoms with E-state index >= 15 is 0 Å². The van der Waals surface area contributed by atoms with Crippen molar-refractivity contribution in [3.8, 4) is 23.1 Å². The Balaban J connectivity index is 2.01. The van der Waals surface area contributed by atoms with E-state index in [0.29, 0.717) is 33.5 Å². The zero-order chi connectivity index (χ0) is 20.6. The van der Waals surface area contributed by atoms with Gasteiger partial charge in [0.1, 0.15) is 11.4 Å². The molecule has 0 aliphatic rings. The first-order valence-electron chi connectivity index (χ1n) is 8.83. The van der Waals surface area contributed by atoms with Crippen LogP contribution in [-0.2, 0) is 10.0 Å². The molecule has 4 rings (SSSR count). The van der Waals surface area contributed by atoms with Crippen LogP contribution in [0.15, 0.2) is 71.6 Å². The maximum atomic E-state index is 13.3. The summed E-state index contributed by atoms with van der Waals surface area (Å²) in [6.45, 7) is 1.89. The molecule has 4 aromatic rings. The lowest BCUT2D eigenvalue weighted by atomic mass is 10.1. The van der Waals surface area contributed by atoms with E-state index in [9.17, 15) is 13.7 Å². The summed E-state index contributed by atoms with van der Waals surface area (Å²) in [7, 11) is -2.40. The number of benzene rings is 3. The molecular weight excluding hydrogens is 386 g/mol. The lowest BCUT2D eigenvalue weighted by Crippen LogP contribution is -2.14. The molecule has 0 atom stereocenters. The maximum Gasteiger partial charge on any atom is 0.283 e. The van der Waals surface area contributed by atoms with E-state index in [1.165, 1.54) is 7.11 Å². The van der Waals surface area contributed by atoms with Crippen LogP contribution in [0.5, 0.6) is 5.75 Å². The summed E-state index contributed by atoms with van der Waals surface area (Å²) in [6, 6.07) is 20.8. The first-order valence-corrected chi connectivity index (χ1v) is 10.3. The fraction of sp³-hybridized carbons (Fsp3) is 0.0909. The highest BCUT2D eigenvalue weighted by Crippen LogP contribution is 2.33. The summed E-state index contributed by atoms with van der Waals surface area (Å²) in [4.78, 5) is 0.146. The molecule has 6 nitrogen and oxygen atoms in total. The van der Waals surface area contributed by atoms with Crippen LogP contribution in [0, 0.1) is 18.3 Å². The molecule has 0 aliphatic carbocycles. The topological polar surface area (TPSA) is 85.0 Å². The van der Waals surface area contributed by atoms with Crippen LogP contribution in [0.4, 0.5) is 0 Å². The van der Waals surface area contributed by atoms with Crippen LogP contribution >= 0.6 is 0 Å². The summed E-state index contributed by atoms with van der Waals surface area (Å²) in [6.07, 6.45) is 0. The molecule has 0 unspecified atom stereocenters. The largest absolute Gasteiger partial charge is 0.497 e. The summed E-state index contributed by atoms with van der Waals surface area (Å²) < 4.78 is 33.0. The second kappa shape index (κ2) is 7.08. The van der Waals surface area contributed by atoms with Crippen LogP contribution < -0.4 is 4.74 Å². The van der Waals surface area contributed by atoms with Gasteiger partial charge in [0.15, 0.2) is 0 Å². The van der Waals surface area contributed by atoms with Crippen LogP contribution in [0.25, 0.3) is 22.2 Å². The van der Waals surface area contributed by atoms with E-state index in [2.05, 4.69) is 11.2 Å². The average molecular weight is 403 g/mol. The van der Waals surface area contributed by atoms with E-state index in [1.807, 2.05) is 6.92 Å². The predicted molar refractivity (Wildman–Crippen MR) is 110 cm³/mol. The molecule has 0 N–H and O–H groups in total. The van der Waals surface area contributed by atoms with Crippen LogP contribution in [0.2, 0.25) is 0 Å². The van der Waals surface area contributed by atoms with Gasteiger partial charge in [-0.25, -0.2) is 0 Å². The van der Waals surface area contributed by atoms with Crippen molar-refractivity contribution >= 4 is 20.9 Å². The Labute approximate surface area is 168 Å². The number of rotatable bonds is 4. The molecule has 0 spiro atoms. The summed E-state index contributed by atoms with van der Waals surface area (Å²) in [5, 5.41) is 14.3. The normalized spacial score (nSPS) is 11.3. The SMILES string of the molecule is COc1ccc2c(-c3cccc(C#N)c3)nn(S(=O)(=O)c3ccc(C)cc3)c2c1. The molecule has 0 radical (unpaired) electrons. The Bertz CT molecular complexity index is 1360. The van der Waals surface area contributed by atoms with Gasteiger partial charge in [0.2, 0.25) is 0 Å². The number of fused-ring (bicyclic) bond motifs is 1. The third-order valence-electron chi connectivity index (χ3n) is 4.67. The van der Waals surface area contributed by atoms with Gasteiger partial charge in [0.05, 0.1) is 29.2 Å². The van der Waals surface area contributed by atoms with Crippen molar-refractivity contribution in [3.63, 3.8) is 0 Å².